The molecule has 2 aromatic heterocycles. The lowest BCUT2D eigenvalue weighted by Gasteiger charge is -2.00. The zero-order chi connectivity index (χ0) is 11.4. The Bertz CT molecular complexity index is 459. The number of hydrogen-bond acceptors (Lipinski definition) is 3. The van der Waals surface area contributed by atoms with Crippen molar-refractivity contribution in [2.24, 2.45) is 0 Å². The van der Waals surface area contributed by atoms with Crippen LogP contribution in [0.2, 0.25) is 0 Å². The van der Waals surface area contributed by atoms with E-state index in [9.17, 15) is 4.79 Å². The van der Waals surface area contributed by atoms with E-state index in [-0.39, 0.29) is 5.91 Å². The largest absolute Gasteiger partial charge is 0.472 e. The minimum Gasteiger partial charge on any atom is -0.472 e. The van der Waals surface area contributed by atoms with Crippen LogP contribution in [-0.4, -0.2) is 5.91 Å². The van der Waals surface area contributed by atoms with Gasteiger partial charge in [-0.25, -0.2) is 0 Å². The molecule has 2 aromatic rings. The Morgan fingerprint density at radius 2 is 2.31 bits per heavy atom. The van der Waals surface area contributed by atoms with Crippen molar-refractivity contribution in [1.82, 2.24) is 5.32 Å². The van der Waals surface area contributed by atoms with Gasteiger partial charge < -0.3 is 9.73 Å². The SMILES string of the molecule is CCc1ccc(C(=O)NCc2ccoc2)s1. The highest BCUT2D eigenvalue weighted by atomic mass is 32.1. The predicted molar refractivity (Wildman–Crippen MR) is 63.6 cm³/mol. The van der Waals surface area contributed by atoms with Crippen LogP contribution < -0.4 is 5.32 Å². The van der Waals surface area contributed by atoms with Gasteiger partial charge in [-0.15, -0.1) is 11.3 Å². The number of furan rings is 1. The van der Waals surface area contributed by atoms with Crippen LogP contribution in [0.15, 0.2) is 35.1 Å². The summed E-state index contributed by atoms with van der Waals surface area (Å²) >= 11 is 1.54. The number of aryl methyl sites for hydroxylation is 1. The van der Waals surface area contributed by atoms with Gasteiger partial charge in [0.1, 0.15) is 0 Å². The Morgan fingerprint density at radius 1 is 1.44 bits per heavy atom. The van der Waals surface area contributed by atoms with Gasteiger partial charge in [0.25, 0.3) is 5.91 Å². The van der Waals surface area contributed by atoms with Crippen molar-refractivity contribution in [3.8, 4) is 0 Å². The molecule has 0 unspecified atom stereocenters. The smallest absolute Gasteiger partial charge is 0.261 e. The van der Waals surface area contributed by atoms with Gasteiger partial charge in [0.05, 0.1) is 17.4 Å². The molecule has 0 bridgehead atoms. The average Bonchev–Trinajstić information content (AvgIpc) is 2.96. The van der Waals surface area contributed by atoms with Crippen molar-refractivity contribution in [2.45, 2.75) is 19.9 Å². The van der Waals surface area contributed by atoms with Crippen LogP contribution in [0, 0.1) is 0 Å². The molecule has 0 saturated carbocycles. The van der Waals surface area contributed by atoms with Gasteiger partial charge in [0.2, 0.25) is 0 Å². The van der Waals surface area contributed by atoms with Crippen LogP contribution in [0.3, 0.4) is 0 Å². The molecule has 2 heterocycles. The minimum atomic E-state index is -0.0223. The molecule has 0 saturated heterocycles. The molecule has 2 rings (SSSR count). The molecule has 0 fully saturated rings. The number of carbonyl (C=O) groups excluding carboxylic acids is 1. The van der Waals surface area contributed by atoms with Crippen LogP contribution in [0.1, 0.15) is 27.0 Å². The van der Waals surface area contributed by atoms with E-state index in [4.69, 9.17) is 4.42 Å². The molecule has 0 aromatic carbocycles. The quantitative estimate of drug-likeness (QED) is 0.885. The summed E-state index contributed by atoms with van der Waals surface area (Å²) in [6.45, 7) is 2.59. The first-order valence-electron chi connectivity index (χ1n) is 5.17. The van der Waals surface area contributed by atoms with Crippen molar-refractivity contribution < 1.29 is 9.21 Å². The second kappa shape index (κ2) is 4.99. The van der Waals surface area contributed by atoms with Crippen molar-refractivity contribution in [1.29, 1.82) is 0 Å². The Balaban J connectivity index is 1.93. The first-order chi connectivity index (χ1) is 7.79. The third-order valence-corrected chi connectivity index (χ3v) is 3.50. The van der Waals surface area contributed by atoms with Gasteiger partial charge in [-0.3, -0.25) is 4.79 Å². The van der Waals surface area contributed by atoms with E-state index >= 15 is 0 Å². The van der Waals surface area contributed by atoms with Crippen molar-refractivity contribution >= 4 is 17.2 Å². The van der Waals surface area contributed by atoms with E-state index in [1.807, 2.05) is 18.2 Å². The Kier molecular flexibility index (Phi) is 3.41. The number of nitrogens with one attached hydrogen (secondary N) is 1. The lowest BCUT2D eigenvalue weighted by Crippen LogP contribution is -2.21. The summed E-state index contributed by atoms with van der Waals surface area (Å²) in [4.78, 5) is 13.7. The minimum absolute atomic E-state index is 0.0223. The maximum absolute atomic E-state index is 11.7. The van der Waals surface area contributed by atoms with E-state index in [2.05, 4.69) is 12.2 Å². The first-order valence-corrected chi connectivity index (χ1v) is 5.99. The number of carbonyl (C=O) groups is 1. The third kappa shape index (κ3) is 2.52. The first kappa shape index (κ1) is 11.0. The summed E-state index contributed by atoms with van der Waals surface area (Å²) in [6.07, 6.45) is 4.20. The highest BCUT2D eigenvalue weighted by Gasteiger charge is 2.08. The molecule has 0 spiro atoms. The standard InChI is InChI=1S/C12H13NO2S/c1-2-10-3-4-11(16-10)12(14)13-7-9-5-6-15-8-9/h3-6,8H,2,7H2,1H3,(H,13,14). The normalized spacial score (nSPS) is 10.3. The van der Waals surface area contributed by atoms with Crippen molar-refractivity contribution in [3.05, 3.63) is 46.0 Å². The van der Waals surface area contributed by atoms with E-state index in [1.54, 1.807) is 23.9 Å². The molecule has 0 aliphatic carbocycles. The topological polar surface area (TPSA) is 42.2 Å². The van der Waals surface area contributed by atoms with E-state index < -0.39 is 0 Å². The zero-order valence-corrected chi connectivity index (χ0v) is 9.84. The lowest BCUT2D eigenvalue weighted by molar-refractivity contribution is 0.0955. The van der Waals surface area contributed by atoms with Crippen LogP contribution in [0.25, 0.3) is 0 Å². The monoisotopic (exact) mass is 235 g/mol. The average molecular weight is 235 g/mol. The summed E-state index contributed by atoms with van der Waals surface area (Å²) in [7, 11) is 0. The Labute approximate surface area is 98.1 Å². The molecule has 0 aliphatic rings. The molecular formula is C12H13NO2S. The zero-order valence-electron chi connectivity index (χ0n) is 9.03. The molecule has 0 aliphatic heterocycles. The molecule has 1 amide bonds. The maximum atomic E-state index is 11.7. The van der Waals surface area contributed by atoms with Gasteiger partial charge in [-0.2, -0.15) is 0 Å². The highest BCUT2D eigenvalue weighted by molar-refractivity contribution is 7.14. The Morgan fingerprint density at radius 3 is 2.94 bits per heavy atom. The number of rotatable bonds is 4. The van der Waals surface area contributed by atoms with Crippen molar-refractivity contribution in [2.75, 3.05) is 0 Å². The molecular weight excluding hydrogens is 222 g/mol. The van der Waals surface area contributed by atoms with Crippen LogP contribution >= 0.6 is 11.3 Å². The summed E-state index contributed by atoms with van der Waals surface area (Å²) < 4.78 is 4.93. The predicted octanol–water partition coefficient (Wildman–Crippen LogP) is 2.83. The molecule has 0 atom stereocenters. The lowest BCUT2D eigenvalue weighted by atomic mass is 10.3. The molecule has 16 heavy (non-hydrogen) atoms. The van der Waals surface area contributed by atoms with Gasteiger partial charge in [0, 0.05) is 17.0 Å². The molecule has 3 nitrogen and oxygen atoms in total. The fraction of sp³-hybridized carbons (Fsp3) is 0.250. The second-order valence-corrected chi connectivity index (χ2v) is 4.60. The summed E-state index contributed by atoms with van der Waals surface area (Å²) in [5.74, 6) is -0.0223. The van der Waals surface area contributed by atoms with Gasteiger partial charge in [-0.05, 0) is 24.6 Å². The molecule has 1 N–H and O–H groups in total. The summed E-state index contributed by atoms with van der Waals surface area (Å²) in [6, 6.07) is 5.71. The van der Waals surface area contributed by atoms with Crippen LogP contribution in [-0.2, 0) is 13.0 Å². The molecule has 0 radical (unpaired) electrons. The van der Waals surface area contributed by atoms with Crippen LogP contribution in [0.5, 0.6) is 0 Å². The fourth-order valence-corrected chi connectivity index (χ4v) is 2.22. The maximum Gasteiger partial charge on any atom is 0.261 e. The van der Waals surface area contributed by atoms with E-state index in [0.29, 0.717) is 6.54 Å². The second-order valence-electron chi connectivity index (χ2n) is 3.43. The number of hydrogen-bond donors (Lipinski definition) is 1. The van der Waals surface area contributed by atoms with E-state index in [0.717, 1.165) is 16.9 Å². The van der Waals surface area contributed by atoms with Crippen molar-refractivity contribution in [3.63, 3.8) is 0 Å². The molecule has 84 valence electrons. The highest BCUT2D eigenvalue weighted by Crippen LogP contribution is 2.16. The fourth-order valence-electron chi connectivity index (χ4n) is 1.35. The van der Waals surface area contributed by atoms with E-state index in [1.165, 1.54) is 4.88 Å². The number of thiophene rings is 1. The molecule has 4 heteroatoms. The third-order valence-electron chi connectivity index (χ3n) is 2.27. The Hall–Kier alpha value is -1.55. The van der Waals surface area contributed by atoms with Crippen LogP contribution in [0.4, 0.5) is 0 Å². The van der Waals surface area contributed by atoms with Gasteiger partial charge >= 0.3 is 0 Å². The van der Waals surface area contributed by atoms with Gasteiger partial charge in [0.15, 0.2) is 0 Å². The summed E-state index contributed by atoms with van der Waals surface area (Å²) in [5.41, 5.74) is 0.973. The number of amides is 1. The summed E-state index contributed by atoms with van der Waals surface area (Å²) in [5, 5.41) is 2.85. The van der Waals surface area contributed by atoms with Gasteiger partial charge in [-0.1, -0.05) is 6.92 Å².